The first-order valence-corrected chi connectivity index (χ1v) is 13.2. The molecular weight excluding hydrogens is 538 g/mol. The van der Waals surface area contributed by atoms with Crippen LogP contribution >= 0.6 is 11.3 Å². The molecule has 0 unspecified atom stereocenters. The number of carbonyl (C=O) groups is 1. The van der Waals surface area contributed by atoms with Gasteiger partial charge in [-0.25, -0.2) is 9.79 Å². The highest BCUT2D eigenvalue weighted by Crippen LogP contribution is 2.36. The predicted octanol–water partition coefficient (Wildman–Crippen LogP) is 4.55. The van der Waals surface area contributed by atoms with Crippen LogP contribution in [0.2, 0.25) is 0 Å². The van der Waals surface area contributed by atoms with E-state index < -0.39 is 18.6 Å². The van der Waals surface area contributed by atoms with Gasteiger partial charge in [0.2, 0.25) is 0 Å². The summed E-state index contributed by atoms with van der Waals surface area (Å²) in [7, 11) is 1.54. The molecule has 1 aliphatic heterocycles. The fraction of sp³-hybridized carbons (Fsp3) is 0.167. The number of esters is 1. The van der Waals surface area contributed by atoms with Gasteiger partial charge in [0.15, 0.2) is 4.80 Å². The molecule has 5 rings (SSSR count). The maximum absolute atomic E-state index is 13.9. The smallest absolute Gasteiger partial charge is 0.387 e. The Bertz CT molecular complexity index is 1750. The summed E-state index contributed by atoms with van der Waals surface area (Å²) < 4.78 is 42.2. The topological polar surface area (TPSA) is 79.1 Å². The average molecular weight is 563 g/mol. The lowest BCUT2D eigenvalue weighted by Gasteiger charge is -2.26. The summed E-state index contributed by atoms with van der Waals surface area (Å²) in [5, 5.41) is 0. The molecule has 40 heavy (non-hydrogen) atoms. The predicted molar refractivity (Wildman–Crippen MR) is 147 cm³/mol. The van der Waals surface area contributed by atoms with Crippen LogP contribution in [0.15, 0.2) is 94.2 Å². The van der Waals surface area contributed by atoms with Gasteiger partial charge < -0.3 is 14.2 Å². The number of fused-ring (bicyclic) bond motifs is 1. The quantitative estimate of drug-likeness (QED) is 0.295. The molecule has 0 radical (unpaired) electrons. The molecule has 0 saturated heterocycles. The van der Waals surface area contributed by atoms with E-state index in [-0.39, 0.29) is 23.5 Å². The van der Waals surface area contributed by atoms with E-state index in [2.05, 4.69) is 4.74 Å². The lowest BCUT2D eigenvalue weighted by molar-refractivity contribution is -0.138. The fourth-order valence-corrected chi connectivity index (χ4v) is 5.47. The normalized spacial score (nSPS) is 15.0. The SMILES string of the molecule is CCOC(=O)C1=C(c2ccccc2)N=c2s/c(=C/c3ccc(OC(F)F)cc3)c(=O)n2[C@H]1c1cccc(OC)c1. The summed E-state index contributed by atoms with van der Waals surface area (Å²) in [6, 6.07) is 21.5. The van der Waals surface area contributed by atoms with E-state index in [0.717, 1.165) is 11.3 Å². The highest BCUT2D eigenvalue weighted by atomic mass is 32.1. The molecular formula is C30H24F2N2O5S. The largest absolute Gasteiger partial charge is 0.497 e. The summed E-state index contributed by atoms with van der Waals surface area (Å²) in [5.41, 5.74) is 2.23. The molecule has 0 amide bonds. The Kier molecular flexibility index (Phi) is 7.88. The molecule has 1 atom stereocenters. The number of benzene rings is 3. The van der Waals surface area contributed by atoms with Crippen LogP contribution < -0.4 is 24.4 Å². The van der Waals surface area contributed by atoms with Crippen molar-refractivity contribution < 1.29 is 27.8 Å². The van der Waals surface area contributed by atoms with Crippen LogP contribution in [0.4, 0.5) is 8.78 Å². The summed E-state index contributed by atoms with van der Waals surface area (Å²) in [5.74, 6) is -0.00718. The summed E-state index contributed by atoms with van der Waals surface area (Å²) in [4.78, 5) is 32.6. The summed E-state index contributed by atoms with van der Waals surface area (Å²) in [6.07, 6.45) is 1.65. The second kappa shape index (κ2) is 11.7. The van der Waals surface area contributed by atoms with Gasteiger partial charge >= 0.3 is 12.6 Å². The van der Waals surface area contributed by atoms with E-state index in [1.165, 1.54) is 16.7 Å². The second-order valence-electron chi connectivity index (χ2n) is 8.66. The third-order valence-corrected chi connectivity index (χ3v) is 7.17. The first-order valence-electron chi connectivity index (χ1n) is 12.4. The van der Waals surface area contributed by atoms with Crippen molar-refractivity contribution in [2.45, 2.75) is 19.6 Å². The van der Waals surface area contributed by atoms with Crippen molar-refractivity contribution in [3.63, 3.8) is 0 Å². The van der Waals surface area contributed by atoms with E-state index in [4.69, 9.17) is 14.5 Å². The Labute approximate surface area is 231 Å². The maximum atomic E-state index is 13.9. The highest BCUT2D eigenvalue weighted by Gasteiger charge is 2.35. The van der Waals surface area contributed by atoms with Crippen molar-refractivity contribution in [2.24, 2.45) is 4.99 Å². The van der Waals surface area contributed by atoms with Crippen molar-refractivity contribution in [2.75, 3.05) is 13.7 Å². The third kappa shape index (κ3) is 5.43. The molecule has 4 aromatic rings. The lowest BCUT2D eigenvalue weighted by Crippen LogP contribution is -2.40. The lowest BCUT2D eigenvalue weighted by atomic mass is 9.93. The maximum Gasteiger partial charge on any atom is 0.387 e. The standard InChI is InChI=1S/C30H24F2N2O5S/c1-3-38-28(36)24-25(19-8-5-4-6-9-19)33-30-34(26(24)20-10-7-11-22(17-20)37-2)27(35)23(40-30)16-18-12-14-21(15-13-18)39-29(31)32/h4-17,26,29H,3H2,1-2H3/b23-16+/t26-/m0/s1. The van der Waals surface area contributed by atoms with Gasteiger partial charge in [-0.2, -0.15) is 8.78 Å². The number of aromatic nitrogens is 1. The third-order valence-electron chi connectivity index (χ3n) is 6.19. The Morgan fingerprint density at radius 2 is 1.80 bits per heavy atom. The van der Waals surface area contributed by atoms with Crippen LogP contribution in [0.5, 0.6) is 11.5 Å². The zero-order valence-electron chi connectivity index (χ0n) is 21.5. The van der Waals surface area contributed by atoms with Crippen LogP contribution in [0.1, 0.15) is 29.7 Å². The number of nitrogens with zero attached hydrogens (tertiary/aromatic N) is 2. The van der Waals surface area contributed by atoms with Gasteiger partial charge in [-0.1, -0.05) is 65.9 Å². The number of methoxy groups -OCH3 is 1. The number of thiazole rings is 1. The number of ether oxygens (including phenoxy) is 3. The monoisotopic (exact) mass is 562 g/mol. The van der Waals surface area contributed by atoms with Gasteiger partial charge in [-0.3, -0.25) is 9.36 Å². The molecule has 0 saturated carbocycles. The van der Waals surface area contributed by atoms with E-state index in [9.17, 15) is 18.4 Å². The van der Waals surface area contributed by atoms with Gasteiger partial charge in [0.25, 0.3) is 5.56 Å². The number of rotatable bonds is 8. The van der Waals surface area contributed by atoms with Crippen molar-refractivity contribution in [1.29, 1.82) is 0 Å². The molecule has 0 aliphatic carbocycles. The average Bonchev–Trinajstić information content (AvgIpc) is 3.27. The zero-order valence-corrected chi connectivity index (χ0v) is 22.4. The van der Waals surface area contributed by atoms with Crippen LogP contribution in [-0.2, 0) is 9.53 Å². The van der Waals surface area contributed by atoms with Crippen LogP contribution in [0.25, 0.3) is 11.8 Å². The Morgan fingerprint density at radius 1 is 1.05 bits per heavy atom. The molecule has 10 heteroatoms. The number of alkyl halides is 2. The Hall–Kier alpha value is -4.57. The fourth-order valence-electron chi connectivity index (χ4n) is 4.46. The van der Waals surface area contributed by atoms with Gasteiger partial charge in [-0.15, -0.1) is 0 Å². The number of halogens is 2. The summed E-state index contributed by atoms with van der Waals surface area (Å²) in [6.45, 7) is -1.07. The molecule has 0 fully saturated rings. The highest BCUT2D eigenvalue weighted by molar-refractivity contribution is 7.07. The van der Waals surface area contributed by atoms with Crippen molar-refractivity contribution in [3.8, 4) is 11.5 Å². The molecule has 7 nitrogen and oxygen atoms in total. The van der Waals surface area contributed by atoms with Crippen molar-refractivity contribution in [1.82, 2.24) is 4.57 Å². The molecule has 1 aliphatic rings. The van der Waals surface area contributed by atoms with Crippen molar-refractivity contribution >= 4 is 29.1 Å². The van der Waals surface area contributed by atoms with Gasteiger partial charge in [0.1, 0.15) is 11.5 Å². The molecule has 3 aromatic carbocycles. The molecule has 0 spiro atoms. The van der Waals surface area contributed by atoms with E-state index >= 15 is 0 Å². The molecule has 1 aromatic heterocycles. The number of hydrogen-bond donors (Lipinski definition) is 0. The van der Waals surface area contributed by atoms with Crippen LogP contribution in [0.3, 0.4) is 0 Å². The number of carbonyl (C=O) groups excluding carboxylic acids is 1. The second-order valence-corrected chi connectivity index (χ2v) is 9.66. The van der Waals surface area contributed by atoms with Crippen LogP contribution in [0, 0.1) is 0 Å². The molecule has 0 bridgehead atoms. The Morgan fingerprint density at radius 3 is 2.48 bits per heavy atom. The van der Waals surface area contributed by atoms with Crippen LogP contribution in [-0.4, -0.2) is 30.9 Å². The summed E-state index contributed by atoms with van der Waals surface area (Å²) >= 11 is 1.16. The van der Waals surface area contributed by atoms with Gasteiger partial charge in [0, 0.05) is 5.56 Å². The Balaban J connectivity index is 1.75. The van der Waals surface area contributed by atoms with E-state index in [1.54, 1.807) is 50.4 Å². The minimum atomic E-state index is -2.93. The van der Waals surface area contributed by atoms with Gasteiger partial charge in [0.05, 0.1) is 35.6 Å². The minimum absolute atomic E-state index is 0.0122. The van der Waals surface area contributed by atoms with E-state index in [1.807, 2.05) is 36.4 Å². The molecule has 204 valence electrons. The van der Waals surface area contributed by atoms with Crippen molar-refractivity contribution in [3.05, 3.63) is 121 Å². The first kappa shape index (κ1) is 27.0. The number of hydrogen-bond acceptors (Lipinski definition) is 7. The van der Waals surface area contributed by atoms with E-state index in [0.29, 0.717) is 37.5 Å². The minimum Gasteiger partial charge on any atom is -0.497 e. The molecule has 2 heterocycles. The zero-order chi connectivity index (χ0) is 28.2. The molecule has 0 N–H and O–H groups in total. The van der Waals surface area contributed by atoms with Gasteiger partial charge in [-0.05, 0) is 48.4 Å². The first-order chi connectivity index (χ1) is 19.4.